The molecule has 3 aromatic carbocycles. The minimum Gasteiger partial charge on any atom is -0.504 e. The van der Waals surface area contributed by atoms with Crippen molar-refractivity contribution in [3.8, 4) is 23.0 Å². The maximum Gasteiger partial charge on any atom is 0.283 e. The van der Waals surface area contributed by atoms with Gasteiger partial charge in [0.05, 0.1) is 41.3 Å². The van der Waals surface area contributed by atoms with Crippen LogP contribution in [0.2, 0.25) is 0 Å². The molecule has 0 aliphatic heterocycles. The highest BCUT2D eigenvalue weighted by Gasteiger charge is 2.22. The summed E-state index contributed by atoms with van der Waals surface area (Å²) in [6, 6.07) is 11.4. The van der Waals surface area contributed by atoms with Crippen LogP contribution < -0.4 is 9.47 Å². The largest absolute Gasteiger partial charge is 0.504 e. The summed E-state index contributed by atoms with van der Waals surface area (Å²) in [5, 5.41) is 42.6. The zero-order valence-corrected chi connectivity index (χ0v) is 18.2. The Bertz CT molecular complexity index is 1220. The fourth-order valence-electron chi connectivity index (χ4n) is 3.16. The molecule has 0 fully saturated rings. The van der Waals surface area contributed by atoms with Crippen molar-refractivity contribution in [1.82, 2.24) is 0 Å². The highest BCUT2D eigenvalue weighted by Crippen LogP contribution is 2.33. The van der Waals surface area contributed by atoms with E-state index in [1.807, 2.05) is 0 Å². The lowest BCUT2D eigenvalue weighted by atomic mass is 10.0. The second kappa shape index (κ2) is 10.2. The molecular weight excluding hydrogens is 444 g/mol. The summed E-state index contributed by atoms with van der Waals surface area (Å²) in [5.41, 5.74) is 0.608. The number of hydrogen-bond donors (Lipinski definition) is 2. The van der Waals surface area contributed by atoms with Gasteiger partial charge in [-0.15, -0.1) is 0 Å². The summed E-state index contributed by atoms with van der Waals surface area (Å²) in [6.45, 7) is 0. The van der Waals surface area contributed by atoms with Crippen LogP contribution in [0.25, 0.3) is 24.3 Å². The molecule has 34 heavy (non-hydrogen) atoms. The molecule has 0 saturated carbocycles. The van der Waals surface area contributed by atoms with Crippen molar-refractivity contribution in [3.63, 3.8) is 0 Å². The molecule has 10 nitrogen and oxygen atoms in total. The molecule has 3 rings (SSSR count). The molecule has 0 spiro atoms. The maximum atomic E-state index is 11.6. The van der Waals surface area contributed by atoms with E-state index in [4.69, 9.17) is 9.47 Å². The molecule has 0 unspecified atom stereocenters. The number of benzene rings is 3. The van der Waals surface area contributed by atoms with Gasteiger partial charge in [-0.3, -0.25) is 20.2 Å². The Hall–Kier alpha value is -4.86. The van der Waals surface area contributed by atoms with E-state index in [1.54, 1.807) is 36.4 Å². The second-order valence-corrected chi connectivity index (χ2v) is 7.01. The molecule has 2 N–H and O–H groups in total. The Morgan fingerprint density at radius 3 is 1.44 bits per heavy atom. The average molecular weight is 464 g/mol. The van der Waals surface area contributed by atoms with E-state index in [0.717, 1.165) is 6.07 Å². The Morgan fingerprint density at radius 1 is 0.676 bits per heavy atom. The Balaban J connectivity index is 2.07. The van der Waals surface area contributed by atoms with E-state index in [9.17, 15) is 30.4 Å². The van der Waals surface area contributed by atoms with Crippen LogP contribution in [0, 0.1) is 20.2 Å². The van der Waals surface area contributed by atoms with Crippen LogP contribution in [0.1, 0.15) is 22.3 Å². The van der Waals surface area contributed by atoms with E-state index in [-0.39, 0.29) is 34.1 Å². The number of hydrogen-bond acceptors (Lipinski definition) is 8. The van der Waals surface area contributed by atoms with Gasteiger partial charge in [0.15, 0.2) is 23.0 Å². The first-order valence-corrected chi connectivity index (χ1v) is 9.80. The zero-order chi connectivity index (χ0) is 24.8. The average Bonchev–Trinajstić information content (AvgIpc) is 2.82. The molecular formula is C24H20N2O8. The monoisotopic (exact) mass is 464 g/mol. The molecule has 3 aromatic rings. The van der Waals surface area contributed by atoms with Crippen LogP contribution in [0.5, 0.6) is 23.0 Å². The Labute approximate surface area is 193 Å². The number of nitrogens with zero attached hydrogens (tertiary/aromatic N) is 2. The number of ether oxygens (including phenoxy) is 2. The van der Waals surface area contributed by atoms with E-state index < -0.39 is 21.2 Å². The SMILES string of the molecule is COc1cc(/C=C\c2cc(/C=C/c3ccc(O)c(OC)c3)c([N+](=O)[O-])cc2[N+](=O)[O-])ccc1O. The normalized spacial score (nSPS) is 11.1. The fraction of sp³-hybridized carbons (Fsp3) is 0.0833. The van der Waals surface area contributed by atoms with Gasteiger partial charge >= 0.3 is 0 Å². The van der Waals surface area contributed by atoms with E-state index in [1.165, 1.54) is 44.6 Å². The van der Waals surface area contributed by atoms with Gasteiger partial charge in [-0.2, -0.15) is 0 Å². The van der Waals surface area contributed by atoms with Crippen LogP contribution in [0.3, 0.4) is 0 Å². The van der Waals surface area contributed by atoms with Crippen molar-refractivity contribution in [1.29, 1.82) is 0 Å². The third-order valence-corrected chi connectivity index (χ3v) is 4.89. The number of phenols is 2. The Kier molecular flexibility index (Phi) is 7.12. The second-order valence-electron chi connectivity index (χ2n) is 7.01. The first-order chi connectivity index (χ1) is 16.2. The summed E-state index contributed by atoms with van der Waals surface area (Å²) in [5.74, 6) is 0.347. The lowest BCUT2D eigenvalue weighted by Gasteiger charge is -2.05. The Morgan fingerprint density at radius 2 is 1.09 bits per heavy atom. The van der Waals surface area contributed by atoms with Crippen molar-refractivity contribution in [3.05, 3.63) is 91.0 Å². The molecule has 0 radical (unpaired) electrons. The van der Waals surface area contributed by atoms with E-state index >= 15 is 0 Å². The van der Waals surface area contributed by atoms with Crippen LogP contribution in [0.15, 0.2) is 48.5 Å². The minimum atomic E-state index is -0.692. The predicted molar refractivity (Wildman–Crippen MR) is 127 cm³/mol. The van der Waals surface area contributed by atoms with Gasteiger partial charge in [0.2, 0.25) is 0 Å². The molecule has 10 heteroatoms. The third-order valence-electron chi connectivity index (χ3n) is 4.89. The number of nitro groups is 2. The molecule has 0 heterocycles. The van der Waals surface area contributed by atoms with Crippen molar-refractivity contribution in [2.45, 2.75) is 0 Å². The lowest BCUT2D eigenvalue weighted by Crippen LogP contribution is -1.98. The molecule has 0 aromatic heterocycles. The number of methoxy groups -OCH3 is 2. The summed E-state index contributed by atoms with van der Waals surface area (Å²) >= 11 is 0. The van der Waals surface area contributed by atoms with Crippen molar-refractivity contribution in [2.24, 2.45) is 0 Å². The van der Waals surface area contributed by atoms with Crippen molar-refractivity contribution >= 4 is 35.7 Å². The van der Waals surface area contributed by atoms with Crippen LogP contribution in [-0.4, -0.2) is 34.3 Å². The first-order valence-electron chi connectivity index (χ1n) is 9.80. The number of aromatic hydroxyl groups is 2. The van der Waals surface area contributed by atoms with Crippen molar-refractivity contribution < 1.29 is 29.5 Å². The summed E-state index contributed by atoms with van der Waals surface area (Å²) < 4.78 is 10.1. The molecule has 0 amide bonds. The minimum absolute atomic E-state index is 0.0562. The van der Waals surface area contributed by atoms with Gasteiger partial charge in [-0.05, 0) is 53.6 Å². The highest BCUT2D eigenvalue weighted by atomic mass is 16.6. The summed E-state index contributed by atoms with van der Waals surface area (Å²) in [6.07, 6.45) is 6.03. The molecule has 174 valence electrons. The smallest absolute Gasteiger partial charge is 0.283 e. The number of rotatable bonds is 8. The zero-order valence-electron chi connectivity index (χ0n) is 18.2. The lowest BCUT2D eigenvalue weighted by molar-refractivity contribution is -0.394. The van der Waals surface area contributed by atoms with Crippen LogP contribution in [0.4, 0.5) is 11.4 Å². The van der Waals surface area contributed by atoms with Gasteiger partial charge in [0.25, 0.3) is 11.4 Å². The van der Waals surface area contributed by atoms with Gasteiger partial charge in [0, 0.05) is 0 Å². The topological polar surface area (TPSA) is 145 Å². The fourth-order valence-corrected chi connectivity index (χ4v) is 3.16. The van der Waals surface area contributed by atoms with Gasteiger partial charge < -0.3 is 19.7 Å². The summed E-state index contributed by atoms with van der Waals surface area (Å²) in [4.78, 5) is 21.8. The molecule has 0 aliphatic rings. The first kappa shape index (κ1) is 23.8. The van der Waals surface area contributed by atoms with Crippen LogP contribution in [-0.2, 0) is 0 Å². The van der Waals surface area contributed by atoms with Crippen molar-refractivity contribution in [2.75, 3.05) is 14.2 Å². The van der Waals surface area contributed by atoms with Gasteiger partial charge in [0.1, 0.15) is 0 Å². The molecule has 0 saturated heterocycles. The van der Waals surface area contributed by atoms with E-state index in [2.05, 4.69) is 0 Å². The van der Waals surface area contributed by atoms with Gasteiger partial charge in [-0.1, -0.05) is 24.3 Å². The molecule has 0 atom stereocenters. The highest BCUT2D eigenvalue weighted by molar-refractivity contribution is 5.82. The standard InChI is InChI=1S/C24H20N2O8/c1-33-23-11-15(5-9-21(23)27)3-7-17-13-18(20(26(31)32)14-19(17)25(29)30)8-4-16-6-10-22(28)24(12-16)34-2/h3-14,27-28H,1-2H3/b7-3-,8-4+. The van der Waals surface area contributed by atoms with E-state index in [0.29, 0.717) is 11.1 Å². The molecule has 0 bridgehead atoms. The molecule has 0 aliphatic carbocycles. The number of phenolic OH excluding ortho intramolecular Hbond substituents is 2. The maximum absolute atomic E-state index is 11.6. The van der Waals surface area contributed by atoms with Crippen LogP contribution >= 0.6 is 0 Å². The number of nitro benzene ring substituents is 2. The van der Waals surface area contributed by atoms with Gasteiger partial charge in [-0.25, -0.2) is 0 Å². The predicted octanol–water partition coefficient (Wildman–Crippen LogP) is 5.27. The third kappa shape index (κ3) is 5.30. The summed E-state index contributed by atoms with van der Waals surface area (Å²) in [7, 11) is 2.79. The quantitative estimate of drug-likeness (QED) is 0.260.